The molecule has 2 aliphatic heterocycles. The largest absolute Gasteiger partial charge is 0.381 e. The van der Waals surface area contributed by atoms with E-state index in [-0.39, 0.29) is 5.60 Å². The third-order valence-electron chi connectivity index (χ3n) is 4.44. The van der Waals surface area contributed by atoms with Gasteiger partial charge in [-0.2, -0.15) is 0 Å². The molecule has 2 aliphatic rings. The van der Waals surface area contributed by atoms with Crippen molar-refractivity contribution in [2.75, 3.05) is 26.4 Å². The van der Waals surface area contributed by atoms with Gasteiger partial charge in [-0.1, -0.05) is 6.07 Å². The predicted molar refractivity (Wildman–Crippen MR) is 77.7 cm³/mol. The van der Waals surface area contributed by atoms with Crippen LogP contribution in [-0.2, 0) is 15.9 Å². The molecule has 1 N–H and O–H groups in total. The maximum Gasteiger partial charge on any atom is 0.0741 e. The fraction of sp³-hybridized carbons (Fsp3) is 0.688. The Labute approximate surface area is 120 Å². The number of pyridine rings is 1. The Kier molecular flexibility index (Phi) is 4.65. The summed E-state index contributed by atoms with van der Waals surface area (Å²) < 4.78 is 11.5. The number of hydrogen-bond donors (Lipinski definition) is 1. The van der Waals surface area contributed by atoms with Crippen LogP contribution < -0.4 is 5.32 Å². The van der Waals surface area contributed by atoms with Crippen molar-refractivity contribution < 1.29 is 9.47 Å². The number of aromatic nitrogens is 1. The van der Waals surface area contributed by atoms with Crippen molar-refractivity contribution in [2.24, 2.45) is 0 Å². The zero-order valence-electron chi connectivity index (χ0n) is 12.0. The summed E-state index contributed by atoms with van der Waals surface area (Å²) in [6.45, 7) is 3.57. The van der Waals surface area contributed by atoms with Crippen LogP contribution in [0, 0.1) is 0 Å². The van der Waals surface area contributed by atoms with E-state index in [1.165, 1.54) is 0 Å². The minimum Gasteiger partial charge on any atom is -0.381 e. The predicted octanol–water partition coefficient (Wildman–Crippen LogP) is 1.94. The maximum absolute atomic E-state index is 6.07. The first kappa shape index (κ1) is 14.0. The molecule has 0 amide bonds. The Morgan fingerprint density at radius 3 is 2.95 bits per heavy atom. The van der Waals surface area contributed by atoms with Crippen LogP contribution in [0.2, 0.25) is 0 Å². The Bertz CT molecular complexity index is 399. The van der Waals surface area contributed by atoms with Crippen LogP contribution in [0.15, 0.2) is 24.4 Å². The van der Waals surface area contributed by atoms with Crippen molar-refractivity contribution in [2.45, 2.75) is 43.7 Å². The molecule has 2 fully saturated rings. The summed E-state index contributed by atoms with van der Waals surface area (Å²) in [4.78, 5) is 4.36. The van der Waals surface area contributed by atoms with Crippen LogP contribution in [0.4, 0.5) is 0 Å². The summed E-state index contributed by atoms with van der Waals surface area (Å²) in [6, 6.07) is 6.68. The van der Waals surface area contributed by atoms with E-state index in [0.717, 1.165) is 64.2 Å². The van der Waals surface area contributed by atoms with Crippen molar-refractivity contribution in [1.82, 2.24) is 10.3 Å². The molecule has 0 radical (unpaired) electrons. The quantitative estimate of drug-likeness (QED) is 0.913. The van der Waals surface area contributed by atoms with E-state index in [1.54, 1.807) is 0 Å². The minimum absolute atomic E-state index is 0.0825. The van der Waals surface area contributed by atoms with Gasteiger partial charge in [-0.05, 0) is 37.8 Å². The van der Waals surface area contributed by atoms with Crippen LogP contribution in [0.3, 0.4) is 0 Å². The standard InChI is InChI=1S/C16H24N2O2/c1-2-8-17-14(3-1)4-9-18-15-5-10-20-16(13-15)6-11-19-12-7-16/h1-3,8,15,18H,4-7,9-13H2. The van der Waals surface area contributed by atoms with E-state index in [1.807, 2.05) is 18.3 Å². The summed E-state index contributed by atoms with van der Waals surface area (Å²) in [6.07, 6.45) is 7.19. The van der Waals surface area contributed by atoms with Crippen molar-refractivity contribution >= 4 is 0 Å². The van der Waals surface area contributed by atoms with E-state index in [2.05, 4.69) is 16.4 Å². The molecular weight excluding hydrogens is 252 g/mol. The second-order valence-electron chi connectivity index (χ2n) is 5.86. The molecule has 0 bridgehead atoms. The molecule has 1 aromatic heterocycles. The zero-order chi connectivity index (χ0) is 13.7. The monoisotopic (exact) mass is 276 g/mol. The van der Waals surface area contributed by atoms with Crippen molar-refractivity contribution in [3.8, 4) is 0 Å². The van der Waals surface area contributed by atoms with Gasteiger partial charge in [0.25, 0.3) is 0 Å². The SMILES string of the molecule is c1ccc(CCNC2CCOC3(CCOCC3)C2)nc1. The molecule has 20 heavy (non-hydrogen) atoms. The number of hydrogen-bond acceptors (Lipinski definition) is 4. The van der Waals surface area contributed by atoms with Gasteiger partial charge in [0.1, 0.15) is 0 Å². The van der Waals surface area contributed by atoms with Crippen LogP contribution in [0.25, 0.3) is 0 Å². The number of rotatable bonds is 4. The van der Waals surface area contributed by atoms with Crippen LogP contribution in [0.1, 0.15) is 31.4 Å². The van der Waals surface area contributed by atoms with Crippen molar-refractivity contribution in [3.63, 3.8) is 0 Å². The van der Waals surface area contributed by atoms with E-state index < -0.39 is 0 Å². The molecule has 1 spiro atoms. The van der Waals surface area contributed by atoms with E-state index in [9.17, 15) is 0 Å². The van der Waals surface area contributed by atoms with Gasteiger partial charge in [-0.25, -0.2) is 0 Å². The third kappa shape index (κ3) is 3.57. The van der Waals surface area contributed by atoms with Crippen LogP contribution in [0.5, 0.6) is 0 Å². The molecule has 0 saturated carbocycles. The molecule has 110 valence electrons. The summed E-state index contributed by atoms with van der Waals surface area (Å²) in [5.41, 5.74) is 1.24. The van der Waals surface area contributed by atoms with E-state index in [4.69, 9.17) is 9.47 Å². The van der Waals surface area contributed by atoms with Gasteiger partial charge in [0, 0.05) is 50.7 Å². The highest BCUT2D eigenvalue weighted by Crippen LogP contribution is 2.34. The summed E-state index contributed by atoms with van der Waals surface area (Å²) in [5.74, 6) is 0. The molecule has 1 atom stereocenters. The Balaban J connectivity index is 1.45. The molecule has 4 nitrogen and oxygen atoms in total. The molecule has 3 heterocycles. The first-order chi connectivity index (χ1) is 9.86. The lowest BCUT2D eigenvalue weighted by Crippen LogP contribution is -2.50. The molecule has 1 aromatic rings. The van der Waals surface area contributed by atoms with Crippen LogP contribution >= 0.6 is 0 Å². The second kappa shape index (κ2) is 6.66. The first-order valence-corrected chi connectivity index (χ1v) is 7.71. The average Bonchev–Trinajstić information content (AvgIpc) is 2.49. The fourth-order valence-electron chi connectivity index (χ4n) is 3.24. The summed E-state index contributed by atoms with van der Waals surface area (Å²) in [5, 5.41) is 3.68. The highest BCUT2D eigenvalue weighted by atomic mass is 16.5. The van der Waals surface area contributed by atoms with Gasteiger partial charge < -0.3 is 14.8 Å². The first-order valence-electron chi connectivity index (χ1n) is 7.71. The fourth-order valence-corrected chi connectivity index (χ4v) is 3.24. The molecule has 4 heteroatoms. The zero-order valence-corrected chi connectivity index (χ0v) is 12.0. The van der Waals surface area contributed by atoms with E-state index >= 15 is 0 Å². The van der Waals surface area contributed by atoms with Crippen molar-refractivity contribution in [1.29, 1.82) is 0 Å². The number of ether oxygens (including phenoxy) is 2. The van der Waals surface area contributed by atoms with Crippen molar-refractivity contribution in [3.05, 3.63) is 30.1 Å². The van der Waals surface area contributed by atoms with E-state index in [0.29, 0.717) is 6.04 Å². The Morgan fingerprint density at radius 1 is 1.25 bits per heavy atom. The molecule has 0 aromatic carbocycles. The second-order valence-corrected chi connectivity index (χ2v) is 5.86. The topological polar surface area (TPSA) is 43.4 Å². The summed E-state index contributed by atoms with van der Waals surface area (Å²) in [7, 11) is 0. The highest BCUT2D eigenvalue weighted by Gasteiger charge is 2.38. The van der Waals surface area contributed by atoms with Gasteiger partial charge in [0.05, 0.1) is 5.60 Å². The highest BCUT2D eigenvalue weighted by molar-refractivity contribution is 5.03. The molecule has 1 unspecified atom stereocenters. The van der Waals surface area contributed by atoms with Gasteiger partial charge >= 0.3 is 0 Å². The Morgan fingerprint density at radius 2 is 2.15 bits per heavy atom. The number of nitrogens with one attached hydrogen (secondary N) is 1. The molecular formula is C16H24N2O2. The van der Waals surface area contributed by atoms with Gasteiger partial charge in [0.2, 0.25) is 0 Å². The average molecular weight is 276 g/mol. The maximum atomic E-state index is 6.07. The lowest BCUT2D eigenvalue weighted by atomic mass is 9.84. The molecule has 0 aliphatic carbocycles. The molecule has 2 saturated heterocycles. The Hall–Kier alpha value is -0.970. The number of nitrogens with zero attached hydrogens (tertiary/aromatic N) is 1. The van der Waals surface area contributed by atoms with Crippen LogP contribution in [-0.4, -0.2) is 43.0 Å². The minimum atomic E-state index is 0.0825. The smallest absolute Gasteiger partial charge is 0.0741 e. The molecule has 3 rings (SSSR count). The van der Waals surface area contributed by atoms with Gasteiger partial charge in [-0.3, -0.25) is 4.98 Å². The lowest BCUT2D eigenvalue weighted by Gasteiger charge is -2.43. The lowest BCUT2D eigenvalue weighted by molar-refractivity contribution is -0.140. The van der Waals surface area contributed by atoms with Gasteiger partial charge in [0.15, 0.2) is 0 Å². The van der Waals surface area contributed by atoms with Gasteiger partial charge in [-0.15, -0.1) is 0 Å². The normalized spacial score (nSPS) is 25.7. The third-order valence-corrected chi connectivity index (χ3v) is 4.44. The summed E-state index contributed by atoms with van der Waals surface area (Å²) >= 11 is 0.